The van der Waals surface area contributed by atoms with Crippen LogP contribution < -0.4 is 0 Å². The molecule has 3 heterocycles. The Kier molecular flexibility index (Phi) is 5.12. The van der Waals surface area contributed by atoms with Gasteiger partial charge < -0.3 is 0 Å². The topological polar surface area (TPSA) is 69.4 Å². The molecule has 0 spiro atoms. The van der Waals surface area contributed by atoms with E-state index in [1.165, 1.54) is 6.33 Å². The lowest BCUT2D eigenvalue weighted by Gasteiger charge is -2.13. The van der Waals surface area contributed by atoms with Gasteiger partial charge in [0, 0.05) is 18.0 Å². The second-order valence-corrected chi connectivity index (χ2v) is 7.02. The summed E-state index contributed by atoms with van der Waals surface area (Å²) in [4.78, 5) is 12.3. The molecule has 8 heteroatoms. The molecule has 0 aliphatic rings. The molecule has 0 amide bonds. The minimum absolute atomic E-state index is 0.229. The summed E-state index contributed by atoms with van der Waals surface area (Å²) in [6.45, 7) is 3.87. The first-order valence-corrected chi connectivity index (χ1v) is 9.59. The molecule has 0 aliphatic carbocycles. The number of nitrogens with zero attached hydrogens (tertiary/aromatic N) is 6. The molecule has 0 unspecified atom stereocenters. The lowest BCUT2D eigenvalue weighted by atomic mass is 10.2. The highest BCUT2D eigenvalue weighted by Gasteiger charge is 2.20. The molecule has 1 aromatic carbocycles. The summed E-state index contributed by atoms with van der Waals surface area (Å²) in [5.74, 6) is 0.215. The molecule has 0 aliphatic heterocycles. The summed E-state index contributed by atoms with van der Waals surface area (Å²) in [6, 6.07) is 11.7. The minimum Gasteiger partial charge on any atom is -0.269 e. The van der Waals surface area contributed by atoms with Gasteiger partial charge in [0.25, 0.3) is 0 Å². The number of rotatable bonds is 5. The fourth-order valence-corrected chi connectivity index (χ4v) is 3.68. The zero-order chi connectivity index (χ0) is 19.5. The smallest absolute Gasteiger partial charge is 0.202 e. The first-order valence-electron chi connectivity index (χ1n) is 8.78. The lowest BCUT2D eigenvalue weighted by Crippen LogP contribution is -2.03. The maximum atomic E-state index is 14.7. The lowest BCUT2D eigenvalue weighted by molar-refractivity contribution is 0.559. The summed E-state index contributed by atoms with van der Waals surface area (Å²) in [5, 5.41) is 9.43. The summed E-state index contributed by atoms with van der Waals surface area (Å²) in [7, 11) is 0. The zero-order valence-corrected chi connectivity index (χ0v) is 16.2. The van der Waals surface area contributed by atoms with Crippen LogP contribution in [0.2, 0.25) is 0 Å². The third-order valence-electron chi connectivity index (χ3n) is 4.26. The van der Waals surface area contributed by atoms with Gasteiger partial charge in [0.15, 0.2) is 11.6 Å². The summed E-state index contributed by atoms with van der Waals surface area (Å²) < 4.78 is 16.6. The van der Waals surface area contributed by atoms with Gasteiger partial charge in [0.1, 0.15) is 11.4 Å². The molecule has 4 aromatic rings. The van der Waals surface area contributed by atoms with Crippen LogP contribution in [0.3, 0.4) is 0 Å². The molecular formula is C20H17FN6S. The van der Waals surface area contributed by atoms with Crippen molar-refractivity contribution in [2.75, 3.05) is 0 Å². The van der Waals surface area contributed by atoms with E-state index in [0.717, 1.165) is 28.6 Å². The molecule has 0 bridgehead atoms. The Labute approximate surface area is 165 Å². The Morgan fingerprint density at radius 3 is 2.68 bits per heavy atom. The van der Waals surface area contributed by atoms with Crippen molar-refractivity contribution >= 4 is 11.8 Å². The summed E-state index contributed by atoms with van der Waals surface area (Å²) >= 11 is 1.13. The van der Waals surface area contributed by atoms with Crippen molar-refractivity contribution < 1.29 is 4.39 Å². The standard InChI is InChI=1S/C20H17FN6S/c1-3-15-17(21)19(24-12-23-15)28-20-26-25-18(14-8-6-10-22-11-14)27(20)16-9-5-4-7-13(16)2/h4-12H,3H2,1-2H3. The molecule has 0 radical (unpaired) electrons. The van der Waals surface area contributed by atoms with Crippen molar-refractivity contribution in [1.82, 2.24) is 29.7 Å². The van der Waals surface area contributed by atoms with Gasteiger partial charge in [-0.2, -0.15) is 0 Å². The summed E-state index contributed by atoms with van der Waals surface area (Å²) in [5.41, 5.74) is 3.17. The third kappa shape index (κ3) is 3.38. The van der Waals surface area contributed by atoms with Crippen LogP contribution in [-0.4, -0.2) is 29.7 Å². The average Bonchev–Trinajstić information content (AvgIpc) is 3.14. The van der Waals surface area contributed by atoms with Crippen molar-refractivity contribution in [3.63, 3.8) is 0 Å². The monoisotopic (exact) mass is 392 g/mol. The Balaban J connectivity index is 1.87. The molecule has 28 heavy (non-hydrogen) atoms. The molecule has 0 saturated heterocycles. The molecule has 0 atom stereocenters. The first-order chi connectivity index (χ1) is 13.7. The van der Waals surface area contributed by atoms with Crippen LogP contribution in [0.1, 0.15) is 18.2 Å². The van der Waals surface area contributed by atoms with Crippen LogP contribution in [0.5, 0.6) is 0 Å². The predicted octanol–water partition coefficient (Wildman–Crippen LogP) is 4.28. The number of para-hydroxylation sites is 1. The van der Waals surface area contributed by atoms with E-state index in [9.17, 15) is 4.39 Å². The fraction of sp³-hybridized carbons (Fsp3) is 0.150. The van der Waals surface area contributed by atoms with Gasteiger partial charge in [0.2, 0.25) is 5.16 Å². The van der Waals surface area contributed by atoms with Gasteiger partial charge in [-0.3, -0.25) is 9.55 Å². The number of hydrogen-bond acceptors (Lipinski definition) is 6. The third-order valence-corrected chi connectivity index (χ3v) is 5.19. The van der Waals surface area contributed by atoms with Gasteiger partial charge in [-0.05, 0) is 48.9 Å². The number of aromatic nitrogens is 6. The minimum atomic E-state index is -0.419. The molecule has 0 fully saturated rings. The van der Waals surface area contributed by atoms with Crippen LogP contribution in [0.25, 0.3) is 17.1 Å². The van der Waals surface area contributed by atoms with Crippen LogP contribution in [0, 0.1) is 12.7 Å². The van der Waals surface area contributed by atoms with E-state index in [1.807, 2.05) is 54.8 Å². The normalized spacial score (nSPS) is 11.0. The maximum Gasteiger partial charge on any atom is 0.202 e. The number of benzene rings is 1. The van der Waals surface area contributed by atoms with E-state index in [-0.39, 0.29) is 5.03 Å². The highest BCUT2D eigenvalue weighted by molar-refractivity contribution is 7.99. The van der Waals surface area contributed by atoms with E-state index in [4.69, 9.17) is 0 Å². The average molecular weight is 392 g/mol. The molecular weight excluding hydrogens is 375 g/mol. The van der Waals surface area contributed by atoms with E-state index in [0.29, 0.717) is 23.1 Å². The molecule has 0 N–H and O–H groups in total. The van der Waals surface area contributed by atoms with E-state index >= 15 is 0 Å². The molecule has 4 rings (SSSR count). The van der Waals surface area contributed by atoms with Crippen molar-refractivity contribution in [2.45, 2.75) is 30.5 Å². The molecule has 6 nitrogen and oxygen atoms in total. The Morgan fingerprint density at radius 2 is 1.93 bits per heavy atom. The second kappa shape index (κ2) is 7.85. The van der Waals surface area contributed by atoms with E-state index < -0.39 is 5.82 Å². The molecule has 3 aromatic heterocycles. The number of halogens is 1. The highest BCUT2D eigenvalue weighted by atomic mass is 32.2. The fourth-order valence-electron chi connectivity index (χ4n) is 2.84. The Bertz CT molecular complexity index is 1110. The number of hydrogen-bond donors (Lipinski definition) is 0. The van der Waals surface area contributed by atoms with Crippen molar-refractivity contribution in [3.05, 3.63) is 72.2 Å². The van der Waals surface area contributed by atoms with Crippen LogP contribution >= 0.6 is 11.8 Å². The SMILES string of the molecule is CCc1ncnc(Sc2nnc(-c3cccnc3)n2-c2ccccc2C)c1F. The van der Waals surface area contributed by atoms with E-state index in [1.54, 1.807) is 12.4 Å². The highest BCUT2D eigenvalue weighted by Crippen LogP contribution is 2.33. The van der Waals surface area contributed by atoms with Crippen molar-refractivity contribution in [1.29, 1.82) is 0 Å². The number of aryl methyl sites for hydroxylation is 2. The zero-order valence-electron chi connectivity index (χ0n) is 15.4. The Morgan fingerprint density at radius 1 is 1.07 bits per heavy atom. The van der Waals surface area contributed by atoms with E-state index in [2.05, 4.69) is 25.1 Å². The van der Waals surface area contributed by atoms with Crippen molar-refractivity contribution in [3.8, 4) is 17.1 Å². The maximum absolute atomic E-state index is 14.7. The second-order valence-electron chi connectivity index (χ2n) is 6.06. The predicted molar refractivity (Wildman–Crippen MR) is 105 cm³/mol. The van der Waals surface area contributed by atoms with Gasteiger partial charge in [-0.1, -0.05) is 25.1 Å². The first kappa shape index (κ1) is 18.2. The van der Waals surface area contributed by atoms with Gasteiger partial charge >= 0.3 is 0 Å². The van der Waals surface area contributed by atoms with Crippen molar-refractivity contribution in [2.24, 2.45) is 0 Å². The quantitative estimate of drug-likeness (QED) is 0.472. The molecule has 140 valence electrons. The van der Waals surface area contributed by atoms with Gasteiger partial charge in [-0.15, -0.1) is 10.2 Å². The van der Waals surface area contributed by atoms with Crippen LogP contribution in [0.15, 0.2) is 65.3 Å². The van der Waals surface area contributed by atoms with Gasteiger partial charge in [0.05, 0.1) is 11.4 Å². The summed E-state index contributed by atoms with van der Waals surface area (Å²) in [6.07, 6.45) is 5.30. The number of pyridine rings is 1. The largest absolute Gasteiger partial charge is 0.269 e. The Hall–Kier alpha value is -3.13. The van der Waals surface area contributed by atoms with Crippen LogP contribution in [0.4, 0.5) is 4.39 Å². The van der Waals surface area contributed by atoms with Gasteiger partial charge in [-0.25, -0.2) is 14.4 Å². The molecule has 0 saturated carbocycles. The van der Waals surface area contributed by atoms with Crippen LogP contribution in [-0.2, 0) is 6.42 Å².